The molecule has 0 atom stereocenters. The Morgan fingerprint density at radius 1 is 1.28 bits per heavy atom. The second-order valence-electron chi connectivity index (χ2n) is 4.01. The van der Waals surface area contributed by atoms with E-state index in [-0.39, 0.29) is 0 Å². The summed E-state index contributed by atoms with van der Waals surface area (Å²) in [7, 11) is 0. The number of rotatable bonds is 5. The Hall–Kier alpha value is -1.03. The van der Waals surface area contributed by atoms with Crippen molar-refractivity contribution in [2.24, 2.45) is 0 Å². The van der Waals surface area contributed by atoms with E-state index in [1.54, 1.807) is 0 Å². The minimum absolute atomic E-state index is 0.616. The van der Waals surface area contributed by atoms with E-state index < -0.39 is 0 Å². The predicted molar refractivity (Wildman–Crippen MR) is 75.2 cm³/mol. The Morgan fingerprint density at radius 3 is 2.67 bits per heavy atom. The molecule has 96 valence electrons. The number of imidazole rings is 1. The van der Waals surface area contributed by atoms with Crippen molar-refractivity contribution in [1.82, 2.24) is 15.3 Å². The molecule has 0 aliphatic rings. The molecular formula is C13H15Cl2N3. The van der Waals surface area contributed by atoms with Crippen molar-refractivity contribution in [1.29, 1.82) is 0 Å². The molecule has 0 bridgehead atoms. The van der Waals surface area contributed by atoms with E-state index in [2.05, 4.69) is 22.2 Å². The van der Waals surface area contributed by atoms with Crippen molar-refractivity contribution >= 4 is 23.2 Å². The Morgan fingerprint density at radius 2 is 2.00 bits per heavy atom. The zero-order chi connectivity index (χ0) is 13.0. The number of H-pyrrole nitrogens is 1. The second kappa shape index (κ2) is 6.23. The molecule has 0 unspecified atom stereocenters. The average molecular weight is 284 g/mol. The zero-order valence-electron chi connectivity index (χ0n) is 10.1. The number of aromatic nitrogens is 2. The Balaban J connectivity index is 2.11. The summed E-state index contributed by atoms with van der Waals surface area (Å²) in [5, 5.41) is 4.59. The molecule has 1 heterocycles. The largest absolute Gasteiger partial charge is 0.345 e. The molecule has 1 aromatic carbocycles. The van der Waals surface area contributed by atoms with E-state index in [4.69, 9.17) is 23.2 Å². The van der Waals surface area contributed by atoms with Crippen LogP contribution in [0.4, 0.5) is 0 Å². The van der Waals surface area contributed by atoms with E-state index in [0.717, 1.165) is 30.2 Å². The summed E-state index contributed by atoms with van der Waals surface area (Å²) in [6, 6.07) is 5.52. The Bertz CT molecular complexity index is 502. The highest BCUT2D eigenvalue weighted by molar-refractivity contribution is 6.36. The molecule has 0 spiro atoms. The number of benzene rings is 1. The van der Waals surface area contributed by atoms with E-state index >= 15 is 0 Å². The van der Waals surface area contributed by atoms with Gasteiger partial charge in [0.15, 0.2) is 0 Å². The minimum atomic E-state index is 0.616. The average Bonchev–Trinajstić information content (AvgIpc) is 2.79. The van der Waals surface area contributed by atoms with Gasteiger partial charge in [0.25, 0.3) is 0 Å². The molecule has 2 rings (SSSR count). The first kappa shape index (κ1) is 13.4. The molecule has 0 radical (unpaired) electrons. The van der Waals surface area contributed by atoms with E-state index in [1.807, 2.05) is 24.4 Å². The van der Waals surface area contributed by atoms with Crippen molar-refractivity contribution in [2.75, 3.05) is 6.54 Å². The molecule has 0 amide bonds. The lowest BCUT2D eigenvalue weighted by Gasteiger charge is -2.04. The third-order valence-corrected chi connectivity index (χ3v) is 3.36. The number of nitrogens with one attached hydrogen (secondary N) is 2. The van der Waals surface area contributed by atoms with Gasteiger partial charge >= 0.3 is 0 Å². The number of aromatic amines is 1. The van der Waals surface area contributed by atoms with Crippen molar-refractivity contribution in [2.45, 2.75) is 19.9 Å². The van der Waals surface area contributed by atoms with Crippen LogP contribution in [0.25, 0.3) is 0 Å². The molecule has 5 heteroatoms. The van der Waals surface area contributed by atoms with Crippen LogP contribution in [0, 0.1) is 0 Å². The lowest BCUT2D eigenvalue weighted by Crippen LogP contribution is -2.11. The van der Waals surface area contributed by atoms with Crippen molar-refractivity contribution < 1.29 is 0 Å². The van der Waals surface area contributed by atoms with Crippen LogP contribution >= 0.6 is 23.2 Å². The maximum atomic E-state index is 6.13. The highest BCUT2D eigenvalue weighted by atomic mass is 35.5. The maximum Gasteiger partial charge on any atom is 0.110 e. The number of hydrogen-bond acceptors (Lipinski definition) is 2. The van der Waals surface area contributed by atoms with E-state index in [1.165, 1.54) is 0 Å². The normalized spacial score (nSPS) is 10.8. The van der Waals surface area contributed by atoms with Crippen molar-refractivity contribution in [3.63, 3.8) is 0 Å². The lowest BCUT2D eigenvalue weighted by molar-refractivity contribution is 0.712. The summed E-state index contributed by atoms with van der Waals surface area (Å²) < 4.78 is 0. The lowest BCUT2D eigenvalue weighted by atomic mass is 10.1. The molecule has 2 N–H and O–H groups in total. The van der Waals surface area contributed by atoms with Gasteiger partial charge in [0.05, 0.1) is 0 Å². The highest BCUT2D eigenvalue weighted by Gasteiger charge is 2.08. The van der Waals surface area contributed by atoms with Gasteiger partial charge in [0.2, 0.25) is 0 Å². The summed E-state index contributed by atoms with van der Waals surface area (Å²) in [5.74, 6) is 0.873. The maximum absolute atomic E-state index is 6.13. The van der Waals surface area contributed by atoms with Crippen LogP contribution in [0.1, 0.15) is 24.0 Å². The first-order chi connectivity index (χ1) is 8.70. The molecule has 18 heavy (non-hydrogen) atoms. The van der Waals surface area contributed by atoms with Crippen LogP contribution in [0.15, 0.2) is 24.4 Å². The van der Waals surface area contributed by atoms with Gasteiger partial charge in [-0.2, -0.15) is 0 Å². The summed E-state index contributed by atoms with van der Waals surface area (Å²) in [5.41, 5.74) is 1.97. The molecule has 0 fully saturated rings. The monoisotopic (exact) mass is 283 g/mol. The van der Waals surface area contributed by atoms with Gasteiger partial charge in [-0.15, -0.1) is 0 Å². The summed E-state index contributed by atoms with van der Waals surface area (Å²) in [4.78, 5) is 7.59. The molecular weight excluding hydrogens is 269 g/mol. The third kappa shape index (κ3) is 3.25. The SMILES string of the molecule is CCNCc1cnc(Cc2c(Cl)cccc2Cl)[nH]1. The predicted octanol–water partition coefficient (Wildman–Crippen LogP) is 3.42. The second-order valence-corrected chi connectivity index (χ2v) is 4.83. The topological polar surface area (TPSA) is 40.7 Å². The van der Waals surface area contributed by atoms with Gasteiger partial charge in [0, 0.05) is 34.9 Å². The number of hydrogen-bond donors (Lipinski definition) is 2. The third-order valence-electron chi connectivity index (χ3n) is 2.65. The summed E-state index contributed by atoms with van der Waals surface area (Å²) in [6.45, 7) is 3.80. The Labute approximate surface area is 117 Å². The fourth-order valence-corrected chi connectivity index (χ4v) is 2.24. The van der Waals surface area contributed by atoms with Crippen LogP contribution in [0.3, 0.4) is 0 Å². The molecule has 0 aliphatic heterocycles. The molecule has 0 saturated heterocycles. The number of halogens is 2. The van der Waals surface area contributed by atoms with Gasteiger partial charge in [-0.3, -0.25) is 0 Å². The molecule has 2 aromatic rings. The fourth-order valence-electron chi connectivity index (χ4n) is 1.71. The van der Waals surface area contributed by atoms with E-state index in [0.29, 0.717) is 16.5 Å². The molecule has 3 nitrogen and oxygen atoms in total. The van der Waals surface area contributed by atoms with Gasteiger partial charge in [0.1, 0.15) is 5.82 Å². The van der Waals surface area contributed by atoms with Crippen LogP contribution < -0.4 is 5.32 Å². The van der Waals surface area contributed by atoms with Crippen LogP contribution in [-0.2, 0) is 13.0 Å². The molecule has 0 saturated carbocycles. The van der Waals surface area contributed by atoms with Crippen LogP contribution in [0.5, 0.6) is 0 Å². The Kier molecular flexibility index (Phi) is 4.64. The summed E-state index contributed by atoms with van der Waals surface area (Å²) >= 11 is 12.3. The molecule has 1 aromatic heterocycles. The van der Waals surface area contributed by atoms with Crippen molar-refractivity contribution in [3.05, 3.63) is 51.5 Å². The zero-order valence-corrected chi connectivity index (χ0v) is 11.6. The minimum Gasteiger partial charge on any atom is -0.345 e. The summed E-state index contributed by atoms with van der Waals surface area (Å²) in [6.07, 6.45) is 2.45. The van der Waals surface area contributed by atoms with Crippen molar-refractivity contribution in [3.8, 4) is 0 Å². The highest BCUT2D eigenvalue weighted by Crippen LogP contribution is 2.26. The quantitative estimate of drug-likeness (QED) is 0.883. The van der Waals surface area contributed by atoms with Gasteiger partial charge < -0.3 is 10.3 Å². The molecule has 0 aliphatic carbocycles. The standard InChI is InChI=1S/C13H15Cl2N3/c1-2-16-7-9-8-17-13(18-9)6-10-11(14)4-3-5-12(10)15/h3-5,8,16H,2,6-7H2,1H3,(H,17,18). The van der Waals surface area contributed by atoms with Gasteiger partial charge in [-0.1, -0.05) is 36.2 Å². The van der Waals surface area contributed by atoms with Gasteiger partial charge in [-0.25, -0.2) is 4.98 Å². The van der Waals surface area contributed by atoms with Gasteiger partial charge in [-0.05, 0) is 24.2 Å². The van der Waals surface area contributed by atoms with Crippen LogP contribution in [-0.4, -0.2) is 16.5 Å². The first-order valence-corrected chi connectivity index (χ1v) is 6.62. The first-order valence-electron chi connectivity index (χ1n) is 5.87. The van der Waals surface area contributed by atoms with E-state index in [9.17, 15) is 0 Å². The van der Waals surface area contributed by atoms with Crippen LogP contribution in [0.2, 0.25) is 10.0 Å². The smallest absolute Gasteiger partial charge is 0.110 e. The fraction of sp³-hybridized carbons (Fsp3) is 0.308. The number of nitrogens with zero attached hydrogens (tertiary/aromatic N) is 1.